The van der Waals surface area contributed by atoms with E-state index >= 15 is 0 Å². The van der Waals surface area contributed by atoms with Gasteiger partial charge in [-0.2, -0.15) is 0 Å². The van der Waals surface area contributed by atoms with Crippen LogP contribution in [0.2, 0.25) is 0 Å². The van der Waals surface area contributed by atoms with Gasteiger partial charge >= 0.3 is 240 Å². The van der Waals surface area contributed by atoms with Crippen LogP contribution in [0.5, 0.6) is 0 Å². The second-order valence-corrected chi connectivity index (χ2v) is 12.8. The number of benzene rings is 5. The number of hydrogen-bond donors (Lipinski definition) is 0. The van der Waals surface area contributed by atoms with Crippen LogP contribution in [0.25, 0.3) is 63.9 Å². The summed E-state index contributed by atoms with van der Waals surface area (Å²) in [5.41, 5.74) is 15.2. The van der Waals surface area contributed by atoms with Gasteiger partial charge in [-0.3, -0.25) is 0 Å². The van der Waals surface area contributed by atoms with Gasteiger partial charge in [-0.15, -0.1) is 0 Å². The van der Waals surface area contributed by atoms with Crippen molar-refractivity contribution in [2.24, 2.45) is 0 Å². The third kappa shape index (κ3) is 3.47. The monoisotopic (exact) mass is 579 g/mol. The van der Waals surface area contributed by atoms with Gasteiger partial charge in [-0.1, -0.05) is 0 Å². The first-order chi connectivity index (χ1) is 19.7. The summed E-state index contributed by atoms with van der Waals surface area (Å²) >= 11 is 0.211. The summed E-state index contributed by atoms with van der Waals surface area (Å²) < 4.78 is 2.82. The van der Waals surface area contributed by atoms with Crippen LogP contribution < -0.4 is 0 Å². The van der Waals surface area contributed by atoms with E-state index in [-0.39, 0.29) is 14.5 Å². The molecule has 1 aliphatic rings. The molecule has 190 valence electrons. The zero-order valence-corrected chi connectivity index (χ0v) is 24.0. The predicted octanol–water partition coefficient (Wildman–Crippen LogP) is 8.42. The molecule has 2 aromatic heterocycles. The minimum atomic E-state index is 0.211. The van der Waals surface area contributed by atoms with Gasteiger partial charge in [-0.05, 0) is 0 Å². The third-order valence-electron chi connectivity index (χ3n) is 8.39. The van der Waals surface area contributed by atoms with Gasteiger partial charge in [-0.25, -0.2) is 0 Å². The SMILES string of the molecule is Cc1cc2c(c(-c3c(-c4ccccc4)cc4[se]c5ccccc5c4c3-c3ccnnn3)c1C)Cc1ccccc1-2. The topological polar surface area (TPSA) is 38.7 Å². The average Bonchev–Trinajstić information content (AvgIpc) is 3.56. The molecule has 0 saturated heterocycles. The van der Waals surface area contributed by atoms with Crippen molar-refractivity contribution < 1.29 is 0 Å². The average molecular weight is 579 g/mol. The van der Waals surface area contributed by atoms with E-state index in [0.29, 0.717) is 0 Å². The van der Waals surface area contributed by atoms with E-state index in [2.05, 4.69) is 120 Å². The molecular weight excluding hydrogens is 553 g/mol. The van der Waals surface area contributed by atoms with Crippen LogP contribution in [-0.2, 0) is 6.42 Å². The molecule has 0 N–H and O–H groups in total. The summed E-state index contributed by atoms with van der Waals surface area (Å²) in [7, 11) is 0. The van der Waals surface area contributed by atoms with E-state index in [9.17, 15) is 0 Å². The Balaban J connectivity index is 1.61. The Hall–Kier alpha value is -4.37. The first-order valence-electron chi connectivity index (χ1n) is 13.6. The van der Waals surface area contributed by atoms with Gasteiger partial charge in [0.2, 0.25) is 0 Å². The number of aryl methyl sites for hydroxylation is 1. The summed E-state index contributed by atoms with van der Waals surface area (Å²) in [4.78, 5) is 0. The van der Waals surface area contributed by atoms with E-state index in [1.807, 2.05) is 6.07 Å². The van der Waals surface area contributed by atoms with E-state index in [4.69, 9.17) is 0 Å². The normalized spacial score (nSPS) is 12.2. The Kier molecular flexibility index (Phi) is 5.34. The Morgan fingerprint density at radius 1 is 0.675 bits per heavy atom. The van der Waals surface area contributed by atoms with Crippen molar-refractivity contribution >= 4 is 33.8 Å². The summed E-state index contributed by atoms with van der Waals surface area (Å²) in [6.45, 7) is 4.54. The fourth-order valence-corrected chi connectivity index (χ4v) is 8.90. The van der Waals surface area contributed by atoms with Gasteiger partial charge < -0.3 is 0 Å². The van der Waals surface area contributed by atoms with E-state index in [1.54, 1.807) is 6.20 Å². The van der Waals surface area contributed by atoms with Crippen molar-refractivity contribution in [3.63, 3.8) is 0 Å². The Morgan fingerprint density at radius 2 is 1.48 bits per heavy atom. The molecule has 0 atom stereocenters. The van der Waals surface area contributed by atoms with Crippen LogP contribution in [-0.4, -0.2) is 29.9 Å². The van der Waals surface area contributed by atoms with Crippen molar-refractivity contribution in [1.29, 1.82) is 0 Å². The Bertz CT molecular complexity index is 2090. The molecule has 0 amide bonds. The fraction of sp³-hybridized carbons (Fsp3) is 0.0833. The minimum absolute atomic E-state index is 0.211. The molecule has 8 rings (SSSR count). The maximum atomic E-state index is 4.65. The van der Waals surface area contributed by atoms with Crippen molar-refractivity contribution in [2.75, 3.05) is 0 Å². The number of rotatable bonds is 3. The molecule has 7 aromatic rings. The Morgan fingerprint density at radius 3 is 2.33 bits per heavy atom. The van der Waals surface area contributed by atoms with E-state index in [0.717, 1.165) is 12.1 Å². The molecule has 40 heavy (non-hydrogen) atoms. The van der Waals surface area contributed by atoms with Gasteiger partial charge in [0, 0.05) is 0 Å². The molecule has 0 spiro atoms. The number of hydrogen-bond acceptors (Lipinski definition) is 3. The summed E-state index contributed by atoms with van der Waals surface area (Å²) in [6.07, 6.45) is 2.69. The molecule has 2 heterocycles. The van der Waals surface area contributed by atoms with Crippen LogP contribution >= 0.6 is 0 Å². The zero-order valence-electron chi connectivity index (χ0n) is 22.3. The molecule has 4 heteroatoms. The molecule has 0 aliphatic heterocycles. The molecule has 0 radical (unpaired) electrons. The molecule has 3 nitrogen and oxygen atoms in total. The van der Waals surface area contributed by atoms with Crippen molar-refractivity contribution in [2.45, 2.75) is 20.3 Å². The molecule has 5 aromatic carbocycles. The van der Waals surface area contributed by atoms with Gasteiger partial charge in [0.05, 0.1) is 0 Å². The predicted molar refractivity (Wildman–Crippen MR) is 166 cm³/mol. The number of nitrogens with zero attached hydrogens (tertiary/aromatic N) is 3. The molecule has 0 unspecified atom stereocenters. The second kappa shape index (κ2) is 9.09. The van der Waals surface area contributed by atoms with Crippen molar-refractivity contribution in [1.82, 2.24) is 15.4 Å². The first-order valence-corrected chi connectivity index (χ1v) is 15.3. The Labute approximate surface area is 238 Å². The fourth-order valence-electron chi connectivity index (χ4n) is 6.48. The quantitative estimate of drug-likeness (QED) is 0.198. The van der Waals surface area contributed by atoms with Crippen molar-refractivity contribution in [3.8, 4) is 44.6 Å². The summed E-state index contributed by atoms with van der Waals surface area (Å²) in [5.74, 6) is 0. The standard InChI is InChI=1S/C36H25N3Se/c1-21-18-28-25-13-7-6-12-24(25)19-29(28)33(22(21)2)35-27(23-10-4-3-5-11-23)20-32-34(26-14-8-9-15-31(26)40-32)36(35)30-16-17-37-39-38-30/h3-18,20H,19H2,1-2H3. The van der Waals surface area contributed by atoms with Crippen LogP contribution in [0.15, 0.2) is 103 Å². The van der Waals surface area contributed by atoms with E-state index in [1.165, 1.54) is 80.5 Å². The zero-order chi connectivity index (χ0) is 26.8. The van der Waals surface area contributed by atoms with Gasteiger partial charge in [0.25, 0.3) is 0 Å². The molecule has 0 saturated carbocycles. The summed E-state index contributed by atoms with van der Waals surface area (Å²) in [5, 5.41) is 15.5. The van der Waals surface area contributed by atoms with Crippen molar-refractivity contribution in [3.05, 3.63) is 126 Å². The van der Waals surface area contributed by atoms with Crippen LogP contribution in [0.4, 0.5) is 0 Å². The molecular formula is C36H25N3Se. The van der Waals surface area contributed by atoms with Crippen LogP contribution in [0.3, 0.4) is 0 Å². The molecule has 0 fully saturated rings. The second-order valence-electron chi connectivity index (χ2n) is 10.6. The number of fused-ring (bicyclic) bond motifs is 6. The number of aromatic nitrogens is 3. The molecule has 0 bridgehead atoms. The van der Waals surface area contributed by atoms with Crippen LogP contribution in [0, 0.1) is 13.8 Å². The van der Waals surface area contributed by atoms with Gasteiger partial charge in [0.15, 0.2) is 0 Å². The molecule has 1 aliphatic carbocycles. The van der Waals surface area contributed by atoms with E-state index < -0.39 is 0 Å². The first kappa shape index (κ1) is 23.5. The van der Waals surface area contributed by atoms with Crippen LogP contribution in [0.1, 0.15) is 22.3 Å². The third-order valence-corrected chi connectivity index (χ3v) is 10.7. The van der Waals surface area contributed by atoms with Gasteiger partial charge in [0.1, 0.15) is 0 Å². The summed E-state index contributed by atoms with van der Waals surface area (Å²) in [6, 6.07) is 35.5. The maximum absolute atomic E-state index is 4.65.